The number of benzene rings is 1. The largest absolute Gasteiger partial charge is 0.390 e. The van der Waals surface area contributed by atoms with Crippen LogP contribution < -0.4 is 5.32 Å². The van der Waals surface area contributed by atoms with Crippen LogP contribution in [0.2, 0.25) is 0 Å². The molecule has 0 fully saturated rings. The Morgan fingerprint density at radius 2 is 2.05 bits per heavy atom. The fourth-order valence-corrected chi connectivity index (χ4v) is 2.10. The first-order chi connectivity index (χ1) is 9.11. The second-order valence-corrected chi connectivity index (χ2v) is 5.59. The molecule has 1 unspecified atom stereocenters. The summed E-state index contributed by atoms with van der Waals surface area (Å²) >= 11 is 3.42. The Balaban J connectivity index is 2.22. The average molecular weight is 331 g/mol. The van der Waals surface area contributed by atoms with Crippen molar-refractivity contribution in [2.75, 3.05) is 40.4 Å². The summed E-state index contributed by atoms with van der Waals surface area (Å²) in [6, 6.07) is 8.24. The van der Waals surface area contributed by atoms with Crippen LogP contribution in [0.5, 0.6) is 0 Å². The summed E-state index contributed by atoms with van der Waals surface area (Å²) in [6.45, 7) is 3.51. The number of nitrogens with zero attached hydrogens (tertiary/aromatic N) is 1. The molecular weight excluding hydrogens is 308 g/mol. The number of methoxy groups -OCH3 is 1. The van der Waals surface area contributed by atoms with Gasteiger partial charge in [0.15, 0.2) is 0 Å². The number of halogens is 1. The van der Waals surface area contributed by atoms with Gasteiger partial charge in [-0.15, -0.1) is 0 Å². The van der Waals surface area contributed by atoms with E-state index in [4.69, 9.17) is 4.74 Å². The monoisotopic (exact) mass is 330 g/mol. The zero-order valence-corrected chi connectivity index (χ0v) is 13.2. The summed E-state index contributed by atoms with van der Waals surface area (Å²) in [4.78, 5) is 2.12. The highest BCUT2D eigenvalue weighted by molar-refractivity contribution is 9.10. The van der Waals surface area contributed by atoms with Crippen molar-refractivity contribution in [2.24, 2.45) is 0 Å². The summed E-state index contributed by atoms with van der Waals surface area (Å²) in [6.07, 6.45) is -0.364. The summed E-state index contributed by atoms with van der Waals surface area (Å²) in [5.41, 5.74) is 1.24. The fraction of sp³-hybridized carbons (Fsp3) is 0.571. The van der Waals surface area contributed by atoms with Gasteiger partial charge in [-0.25, -0.2) is 0 Å². The molecule has 0 bridgehead atoms. The van der Waals surface area contributed by atoms with Gasteiger partial charge in [-0.1, -0.05) is 28.1 Å². The predicted molar refractivity (Wildman–Crippen MR) is 81.2 cm³/mol. The molecule has 0 aliphatic rings. The molecule has 5 heteroatoms. The van der Waals surface area contributed by atoms with Crippen molar-refractivity contribution in [3.8, 4) is 0 Å². The molecule has 0 saturated carbocycles. The third-order valence-corrected chi connectivity index (χ3v) is 3.28. The summed E-state index contributed by atoms with van der Waals surface area (Å²) < 4.78 is 6.02. The maximum atomic E-state index is 9.89. The van der Waals surface area contributed by atoms with E-state index in [0.717, 1.165) is 17.6 Å². The van der Waals surface area contributed by atoms with E-state index in [0.29, 0.717) is 19.7 Å². The van der Waals surface area contributed by atoms with E-state index in [-0.39, 0.29) is 6.10 Å². The number of likely N-dealkylation sites (N-methyl/N-ethyl adjacent to an activating group) is 1. The van der Waals surface area contributed by atoms with Crippen LogP contribution in [-0.2, 0) is 11.3 Å². The highest BCUT2D eigenvalue weighted by Gasteiger charge is 2.08. The maximum absolute atomic E-state index is 9.89. The molecule has 1 aromatic carbocycles. The van der Waals surface area contributed by atoms with Crippen LogP contribution in [-0.4, -0.2) is 56.5 Å². The molecule has 1 atom stereocenters. The molecule has 19 heavy (non-hydrogen) atoms. The van der Waals surface area contributed by atoms with Crippen molar-refractivity contribution in [2.45, 2.75) is 12.6 Å². The Labute approximate surface area is 123 Å². The SMILES string of the molecule is COCCNCC(O)CN(C)Cc1ccc(Br)cc1. The van der Waals surface area contributed by atoms with Gasteiger partial charge in [0.2, 0.25) is 0 Å². The predicted octanol–water partition coefficient (Wildman–Crippen LogP) is 1.48. The summed E-state index contributed by atoms with van der Waals surface area (Å²) in [5, 5.41) is 13.0. The molecule has 0 aromatic heterocycles. The molecule has 0 aliphatic heterocycles. The maximum Gasteiger partial charge on any atom is 0.0791 e. The Kier molecular flexibility index (Phi) is 8.25. The lowest BCUT2D eigenvalue weighted by Crippen LogP contribution is -2.37. The Bertz CT molecular complexity index is 346. The molecule has 0 saturated heterocycles. The van der Waals surface area contributed by atoms with E-state index in [9.17, 15) is 5.11 Å². The number of hydrogen-bond donors (Lipinski definition) is 2. The normalized spacial score (nSPS) is 12.9. The van der Waals surface area contributed by atoms with Crippen LogP contribution >= 0.6 is 15.9 Å². The molecule has 2 N–H and O–H groups in total. The molecule has 0 aliphatic carbocycles. The van der Waals surface area contributed by atoms with Gasteiger partial charge < -0.3 is 15.2 Å². The van der Waals surface area contributed by atoms with Gasteiger partial charge >= 0.3 is 0 Å². The molecule has 108 valence electrons. The molecule has 0 amide bonds. The molecule has 0 spiro atoms. The summed E-state index contributed by atoms with van der Waals surface area (Å²) in [5.74, 6) is 0. The molecule has 0 radical (unpaired) electrons. The lowest BCUT2D eigenvalue weighted by molar-refractivity contribution is 0.117. The lowest BCUT2D eigenvalue weighted by Gasteiger charge is -2.21. The van der Waals surface area contributed by atoms with E-state index >= 15 is 0 Å². The Hall–Kier alpha value is -0.460. The van der Waals surface area contributed by atoms with E-state index in [2.05, 4.69) is 38.3 Å². The number of aliphatic hydroxyl groups is 1. The van der Waals surface area contributed by atoms with E-state index in [1.54, 1.807) is 7.11 Å². The lowest BCUT2D eigenvalue weighted by atomic mass is 10.2. The zero-order chi connectivity index (χ0) is 14.1. The first-order valence-electron chi connectivity index (χ1n) is 6.42. The van der Waals surface area contributed by atoms with Crippen molar-refractivity contribution in [1.29, 1.82) is 0 Å². The van der Waals surface area contributed by atoms with Crippen molar-refractivity contribution < 1.29 is 9.84 Å². The third-order valence-electron chi connectivity index (χ3n) is 2.75. The van der Waals surface area contributed by atoms with Crippen LogP contribution in [0.4, 0.5) is 0 Å². The molecule has 1 rings (SSSR count). The Morgan fingerprint density at radius 3 is 2.68 bits per heavy atom. The Morgan fingerprint density at radius 1 is 1.37 bits per heavy atom. The van der Waals surface area contributed by atoms with E-state index < -0.39 is 0 Å². The van der Waals surface area contributed by atoms with Gasteiger partial charge in [0, 0.05) is 37.8 Å². The number of nitrogens with one attached hydrogen (secondary N) is 1. The van der Waals surface area contributed by atoms with Crippen LogP contribution in [0.3, 0.4) is 0 Å². The van der Waals surface area contributed by atoms with Gasteiger partial charge in [0.1, 0.15) is 0 Å². The van der Waals surface area contributed by atoms with Crippen molar-refractivity contribution in [3.63, 3.8) is 0 Å². The minimum atomic E-state index is -0.364. The van der Waals surface area contributed by atoms with Crippen LogP contribution in [0.1, 0.15) is 5.56 Å². The number of hydrogen-bond acceptors (Lipinski definition) is 4. The number of rotatable bonds is 9. The van der Waals surface area contributed by atoms with Gasteiger partial charge in [-0.05, 0) is 24.7 Å². The highest BCUT2D eigenvalue weighted by atomic mass is 79.9. The van der Waals surface area contributed by atoms with Crippen molar-refractivity contribution in [3.05, 3.63) is 34.3 Å². The topological polar surface area (TPSA) is 44.7 Å². The minimum absolute atomic E-state index is 0.364. The van der Waals surface area contributed by atoms with Crippen LogP contribution in [0, 0.1) is 0 Å². The molecule has 4 nitrogen and oxygen atoms in total. The average Bonchev–Trinajstić information content (AvgIpc) is 2.37. The van der Waals surface area contributed by atoms with E-state index in [1.807, 2.05) is 19.2 Å². The number of aliphatic hydroxyl groups excluding tert-OH is 1. The first kappa shape index (κ1) is 16.6. The van der Waals surface area contributed by atoms with E-state index in [1.165, 1.54) is 5.56 Å². The van der Waals surface area contributed by atoms with Crippen LogP contribution in [0.15, 0.2) is 28.7 Å². The van der Waals surface area contributed by atoms with Gasteiger partial charge in [0.25, 0.3) is 0 Å². The first-order valence-corrected chi connectivity index (χ1v) is 7.22. The second kappa shape index (κ2) is 9.44. The minimum Gasteiger partial charge on any atom is -0.390 e. The van der Waals surface area contributed by atoms with Gasteiger partial charge in [0.05, 0.1) is 12.7 Å². The smallest absolute Gasteiger partial charge is 0.0791 e. The summed E-state index contributed by atoms with van der Waals surface area (Å²) in [7, 11) is 3.69. The van der Waals surface area contributed by atoms with Crippen LogP contribution in [0.25, 0.3) is 0 Å². The van der Waals surface area contributed by atoms with Crippen molar-refractivity contribution in [1.82, 2.24) is 10.2 Å². The third kappa shape index (κ3) is 7.64. The zero-order valence-electron chi connectivity index (χ0n) is 11.6. The van der Waals surface area contributed by atoms with Gasteiger partial charge in [-0.2, -0.15) is 0 Å². The molecule has 1 aromatic rings. The standard InChI is InChI=1S/C14H23BrN2O2/c1-17(10-12-3-5-13(15)6-4-12)11-14(18)9-16-7-8-19-2/h3-6,14,16,18H,7-11H2,1-2H3. The highest BCUT2D eigenvalue weighted by Crippen LogP contribution is 2.11. The van der Waals surface area contributed by atoms with Crippen molar-refractivity contribution >= 4 is 15.9 Å². The fourth-order valence-electron chi connectivity index (χ4n) is 1.83. The molecular formula is C14H23BrN2O2. The molecule has 0 heterocycles. The number of ether oxygens (including phenoxy) is 1. The second-order valence-electron chi connectivity index (χ2n) is 4.67. The van der Waals surface area contributed by atoms with Gasteiger partial charge in [-0.3, -0.25) is 4.90 Å². The quantitative estimate of drug-likeness (QED) is 0.673.